The zero-order valence-corrected chi connectivity index (χ0v) is 12.2. The quantitative estimate of drug-likeness (QED) is 0.718. The van der Waals surface area contributed by atoms with Gasteiger partial charge >= 0.3 is 5.97 Å². The van der Waals surface area contributed by atoms with Crippen molar-refractivity contribution >= 4 is 11.9 Å². The third kappa shape index (κ3) is 6.36. The number of nitrogens with one attached hydrogen (secondary N) is 1. The van der Waals surface area contributed by atoms with Crippen molar-refractivity contribution in [3.8, 4) is 0 Å². The summed E-state index contributed by atoms with van der Waals surface area (Å²) in [5.74, 6) is -0.213. The molecule has 0 atom stereocenters. The average Bonchev–Trinajstić information content (AvgIpc) is 2.41. The van der Waals surface area contributed by atoms with Gasteiger partial charge in [-0.15, -0.1) is 0 Å². The van der Waals surface area contributed by atoms with Crippen LogP contribution in [0.2, 0.25) is 0 Å². The minimum Gasteiger partial charge on any atom is -0.478 e. The number of amides is 1. The fourth-order valence-corrected chi connectivity index (χ4v) is 1.90. The number of hydrogen-bond acceptors (Lipinski definition) is 2. The molecule has 20 heavy (non-hydrogen) atoms. The van der Waals surface area contributed by atoms with Gasteiger partial charge in [0.1, 0.15) is 0 Å². The summed E-state index contributed by atoms with van der Waals surface area (Å²) in [6, 6.07) is 6.65. The monoisotopic (exact) mass is 277 g/mol. The molecule has 0 aliphatic carbocycles. The van der Waals surface area contributed by atoms with E-state index in [9.17, 15) is 9.59 Å². The number of carboxylic acids is 1. The molecule has 110 valence electrons. The van der Waals surface area contributed by atoms with Crippen molar-refractivity contribution in [2.24, 2.45) is 5.92 Å². The van der Waals surface area contributed by atoms with Crippen LogP contribution >= 0.6 is 0 Å². The average molecular weight is 277 g/mol. The lowest BCUT2D eigenvalue weighted by molar-refractivity contribution is -0.121. The van der Waals surface area contributed by atoms with Crippen LogP contribution in [0.3, 0.4) is 0 Å². The first-order valence-corrected chi connectivity index (χ1v) is 7.08. The Morgan fingerprint density at radius 3 is 2.40 bits per heavy atom. The highest BCUT2D eigenvalue weighted by Gasteiger charge is 2.04. The highest BCUT2D eigenvalue weighted by atomic mass is 16.4. The molecule has 1 rings (SSSR count). The molecule has 0 saturated carbocycles. The van der Waals surface area contributed by atoms with Gasteiger partial charge in [0.15, 0.2) is 0 Å². The second-order valence-corrected chi connectivity index (χ2v) is 5.39. The van der Waals surface area contributed by atoms with E-state index in [1.165, 1.54) is 0 Å². The molecule has 0 aliphatic rings. The minimum absolute atomic E-state index is 0.0519. The molecule has 0 heterocycles. The molecule has 0 unspecified atom stereocenters. The normalized spacial score (nSPS) is 10.6. The van der Waals surface area contributed by atoms with E-state index in [0.29, 0.717) is 18.8 Å². The van der Waals surface area contributed by atoms with Gasteiger partial charge in [-0.1, -0.05) is 26.0 Å². The van der Waals surface area contributed by atoms with Crippen molar-refractivity contribution in [3.63, 3.8) is 0 Å². The van der Waals surface area contributed by atoms with Gasteiger partial charge in [0.2, 0.25) is 5.91 Å². The van der Waals surface area contributed by atoms with E-state index < -0.39 is 5.97 Å². The molecule has 1 aromatic carbocycles. The summed E-state index contributed by atoms with van der Waals surface area (Å²) in [6.07, 6.45) is 3.21. The van der Waals surface area contributed by atoms with E-state index >= 15 is 0 Å². The molecule has 4 heteroatoms. The Kier molecular flexibility index (Phi) is 6.77. The lowest BCUT2D eigenvalue weighted by Crippen LogP contribution is -2.24. The van der Waals surface area contributed by atoms with Crippen molar-refractivity contribution in [1.29, 1.82) is 0 Å². The molecule has 0 radical (unpaired) electrons. The number of carbonyl (C=O) groups is 2. The summed E-state index contributed by atoms with van der Waals surface area (Å²) >= 11 is 0. The topological polar surface area (TPSA) is 66.4 Å². The molecular formula is C16H23NO3. The maximum absolute atomic E-state index is 11.6. The molecular weight excluding hydrogens is 254 g/mol. The van der Waals surface area contributed by atoms with E-state index in [-0.39, 0.29) is 11.5 Å². The number of aryl methyl sites for hydroxylation is 1. The van der Waals surface area contributed by atoms with Crippen LogP contribution in [0, 0.1) is 5.92 Å². The van der Waals surface area contributed by atoms with Gasteiger partial charge in [0, 0.05) is 13.0 Å². The number of carboxylic acid groups (broad SMARTS) is 1. The van der Waals surface area contributed by atoms with Gasteiger partial charge in [0.25, 0.3) is 0 Å². The van der Waals surface area contributed by atoms with Crippen molar-refractivity contribution < 1.29 is 14.7 Å². The highest BCUT2D eigenvalue weighted by molar-refractivity contribution is 5.87. The first-order chi connectivity index (χ1) is 9.49. The van der Waals surface area contributed by atoms with Gasteiger partial charge in [-0.3, -0.25) is 4.79 Å². The Labute approximate surface area is 120 Å². The van der Waals surface area contributed by atoms with E-state index in [1.807, 2.05) is 0 Å². The molecule has 1 aromatic rings. The van der Waals surface area contributed by atoms with Gasteiger partial charge in [0.05, 0.1) is 5.56 Å². The van der Waals surface area contributed by atoms with E-state index in [0.717, 1.165) is 24.9 Å². The van der Waals surface area contributed by atoms with Crippen LogP contribution in [0.1, 0.15) is 49.0 Å². The third-order valence-electron chi connectivity index (χ3n) is 3.12. The molecule has 0 spiro atoms. The van der Waals surface area contributed by atoms with Gasteiger partial charge in [-0.25, -0.2) is 4.79 Å². The van der Waals surface area contributed by atoms with Crippen LogP contribution in [-0.4, -0.2) is 23.5 Å². The molecule has 0 saturated heterocycles. The molecule has 0 aromatic heterocycles. The third-order valence-corrected chi connectivity index (χ3v) is 3.12. The van der Waals surface area contributed by atoms with Crippen LogP contribution < -0.4 is 5.32 Å². The second kappa shape index (κ2) is 8.35. The summed E-state index contributed by atoms with van der Waals surface area (Å²) in [4.78, 5) is 22.3. The second-order valence-electron chi connectivity index (χ2n) is 5.39. The highest BCUT2D eigenvalue weighted by Crippen LogP contribution is 2.07. The summed E-state index contributed by atoms with van der Waals surface area (Å²) in [5, 5.41) is 11.7. The first-order valence-electron chi connectivity index (χ1n) is 7.08. The minimum atomic E-state index is -0.931. The van der Waals surface area contributed by atoms with Gasteiger partial charge in [-0.05, 0) is 42.9 Å². The van der Waals surface area contributed by atoms with Gasteiger partial charge in [-0.2, -0.15) is 0 Å². The Morgan fingerprint density at radius 1 is 1.20 bits per heavy atom. The zero-order valence-electron chi connectivity index (χ0n) is 12.2. The maximum atomic E-state index is 11.6. The first kappa shape index (κ1) is 16.2. The Balaban J connectivity index is 2.25. The Hall–Kier alpha value is -1.84. The maximum Gasteiger partial charge on any atom is 0.335 e. The summed E-state index contributed by atoms with van der Waals surface area (Å²) < 4.78 is 0. The number of rotatable bonds is 8. The van der Waals surface area contributed by atoms with Crippen LogP contribution in [0.25, 0.3) is 0 Å². The number of aromatic carboxylic acids is 1. The van der Waals surface area contributed by atoms with E-state index in [4.69, 9.17) is 5.11 Å². The van der Waals surface area contributed by atoms with E-state index in [2.05, 4.69) is 19.2 Å². The smallest absolute Gasteiger partial charge is 0.335 e. The van der Waals surface area contributed by atoms with Crippen molar-refractivity contribution in [1.82, 2.24) is 5.32 Å². The Bertz CT molecular complexity index is 438. The van der Waals surface area contributed by atoms with Crippen molar-refractivity contribution in [2.45, 2.75) is 39.5 Å². The molecule has 2 N–H and O–H groups in total. The predicted octanol–water partition coefficient (Wildman–Crippen LogP) is 2.87. The molecule has 0 fully saturated rings. The van der Waals surface area contributed by atoms with Crippen LogP contribution in [0.4, 0.5) is 0 Å². The van der Waals surface area contributed by atoms with Crippen LogP contribution in [0.15, 0.2) is 24.3 Å². The van der Waals surface area contributed by atoms with Crippen molar-refractivity contribution in [3.05, 3.63) is 35.4 Å². The fraction of sp³-hybridized carbons (Fsp3) is 0.500. The summed E-state index contributed by atoms with van der Waals surface area (Å²) in [7, 11) is 0. The SMILES string of the molecule is CC(C)CCCNC(=O)CCc1ccc(C(=O)O)cc1. The van der Waals surface area contributed by atoms with E-state index in [1.54, 1.807) is 24.3 Å². The zero-order chi connectivity index (χ0) is 15.0. The summed E-state index contributed by atoms with van der Waals surface area (Å²) in [5.41, 5.74) is 1.25. The Morgan fingerprint density at radius 2 is 1.85 bits per heavy atom. The standard InChI is InChI=1S/C16H23NO3/c1-12(2)4-3-11-17-15(18)10-7-13-5-8-14(9-6-13)16(19)20/h5-6,8-9,12H,3-4,7,10-11H2,1-2H3,(H,17,18)(H,19,20). The summed E-state index contributed by atoms with van der Waals surface area (Å²) in [6.45, 7) is 5.07. The van der Waals surface area contributed by atoms with Crippen molar-refractivity contribution in [2.75, 3.05) is 6.54 Å². The predicted molar refractivity (Wildman–Crippen MR) is 78.8 cm³/mol. The molecule has 0 aliphatic heterocycles. The molecule has 4 nitrogen and oxygen atoms in total. The largest absolute Gasteiger partial charge is 0.478 e. The lowest BCUT2D eigenvalue weighted by Gasteiger charge is -2.07. The number of carbonyl (C=O) groups excluding carboxylic acids is 1. The fourth-order valence-electron chi connectivity index (χ4n) is 1.90. The number of hydrogen-bond donors (Lipinski definition) is 2. The van der Waals surface area contributed by atoms with Crippen LogP contribution in [-0.2, 0) is 11.2 Å². The number of benzene rings is 1. The lowest BCUT2D eigenvalue weighted by atomic mass is 10.1. The van der Waals surface area contributed by atoms with Gasteiger partial charge < -0.3 is 10.4 Å². The molecule has 1 amide bonds. The van der Waals surface area contributed by atoms with Crippen LogP contribution in [0.5, 0.6) is 0 Å². The molecule has 0 bridgehead atoms.